The van der Waals surface area contributed by atoms with E-state index in [1.54, 1.807) is 4.90 Å². The number of hydrogen-bond acceptors (Lipinski definition) is 2. The lowest BCUT2D eigenvalue weighted by atomic mass is 10.2. The standard InChI is InChI=1S/C9H15F3N2O/c1-7(9(10,11)12)13-3-5-14(6-4-13)8(2)15/h7H,3-6H2,1-2H3. The highest BCUT2D eigenvalue weighted by Gasteiger charge is 2.40. The van der Waals surface area contributed by atoms with Gasteiger partial charge in [0.15, 0.2) is 0 Å². The lowest BCUT2D eigenvalue weighted by Crippen LogP contribution is -2.54. The van der Waals surface area contributed by atoms with Crippen LogP contribution in [-0.2, 0) is 4.79 Å². The van der Waals surface area contributed by atoms with Gasteiger partial charge in [-0.1, -0.05) is 0 Å². The van der Waals surface area contributed by atoms with E-state index in [1.165, 1.54) is 11.8 Å². The molecule has 1 saturated heterocycles. The molecule has 1 aliphatic heterocycles. The van der Waals surface area contributed by atoms with Crippen LogP contribution >= 0.6 is 0 Å². The van der Waals surface area contributed by atoms with Crippen molar-refractivity contribution in [2.45, 2.75) is 26.1 Å². The van der Waals surface area contributed by atoms with Gasteiger partial charge in [-0.2, -0.15) is 13.2 Å². The van der Waals surface area contributed by atoms with E-state index in [0.29, 0.717) is 26.2 Å². The highest BCUT2D eigenvalue weighted by Crippen LogP contribution is 2.25. The van der Waals surface area contributed by atoms with Crippen LogP contribution in [0.3, 0.4) is 0 Å². The molecule has 1 atom stereocenters. The van der Waals surface area contributed by atoms with Crippen molar-refractivity contribution < 1.29 is 18.0 Å². The van der Waals surface area contributed by atoms with Crippen LogP contribution in [0.25, 0.3) is 0 Å². The SMILES string of the molecule is CC(=O)N1CCN(C(C)C(F)(F)F)CC1. The second kappa shape index (κ2) is 4.38. The second-order valence-electron chi connectivity index (χ2n) is 3.76. The van der Waals surface area contributed by atoms with Crippen molar-refractivity contribution >= 4 is 5.91 Å². The number of piperazine rings is 1. The molecule has 88 valence electrons. The lowest BCUT2D eigenvalue weighted by molar-refractivity contribution is -0.182. The van der Waals surface area contributed by atoms with Crippen LogP contribution in [0.2, 0.25) is 0 Å². The molecule has 0 spiro atoms. The summed E-state index contributed by atoms with van der Waals surface area (Å²) in [5, 5.41) is 0. The Hall–Kier alpha value is -0.780. The molecule has 0 N–H and O–H groups in total. The zero-order chi connectivity index (χ0) is 11.6. The molecule has 1 unspecified atom stereocenters. The van der Waals surface area contributed by atoms with Crippen molar-refractivity contribution in [2.24, 2.45) is 0 Å². The number of alkyl halides is 3. The third-order valence-electron chi connectivity index (χ3n) is 2.78. The normalized spacial score (nSPS) is 21.5. The molecule has 3 nitrogen and oxygen atoms in total. The van der Waals surface area contributed by atoms with Gasteiger partial charge in [-0.25, -0.2) is 0 Å². The fourth-order valence-electron chi connectivity index (χ4n) is 1.63. The Kier molecular flexibility index (Phi) is 3.59. The van der Waals surface area contributed by atoms with E-state index in [-0.39, 0.29) is 5.91 Å². The van der Waals surface area contributed by atoms with Crippen molar-refractivity contribution in [2.75, 3.05) is 26.2 Å². The predicted octanol–water partition coefficient (Wildman–Crippen LogP) is 1.10. The van der Waals surface area contributed by atoms with E-state index >= 15 is 0 Å². The van der Waals surface area contributed by atoms with Gasteiger partial charge >= 0.3 is 6.18 Å². The van der Waals surface area contributed by atoms with E-state index in [9.17, 15) is 18.0 Å². The quantitative estimate of drug-likeness (QED) is 0.666. The zero-order valence-corrected chi connectivity index (χ0v) is 8.84. The third kappa shape index (κ3) is 3.09. The maximum atomic E-state index is 12.4. The van der Waals surface area contributed by atoms with E-state index < -0.39 is 12.2 Å². The Balaban J connectivity index is 2.47. The molecular weight excluding hydrogens is 209 g/mol. The number of halogens is 3. The van der Waals surface area contributed by atoms with Crippen LogP contribution in [0.5, 0.6) is 0 Å². The van der Waals surface area contributed by atoms with Crippen LogP contribution < -0.4 is 0 Å². The summed E-state index contributed by atoms with van der Waals surface area (Å²) in [4.78, 5) is 13.9. The minimum absolute atomic E-state index is 0.0747. The minimum atomic E-state index is -4.18. The monoisotopic (exact) mass is 224 g/mol. The average Bonchev–Trinajstić information content (AvgIpc) is 2.15. The van der Waals surface area contributed by atoms with Gasteiger partial charge in [-0.3, -0.25) is 9.69 Å². The first-order valence-corrected chi connectivity index (χ1v) is 4.88. The molecule has 0 aromatic carbocycles. The molecule has 0 radical (unpaired) electrons. The minimum Gasteiger partial charge on any atom is -0.340 e. The Morgan fingerprint density at radius 3 is 2.00 bits per heavy atom. The Labute approximate surface area is 86.8 Å². The van der Waals surface area contributed by atoms with Gasteiger partial charge in [-0.15, -0.1) is 0 Å². The lowest BCUT2D eigenvalue weighted by Gasteiger charge is -2.38. The Morgan fingerprint density at radius 2 is 1.67 bits per heavy atom. The molecule has 1 heterocycles. The molecule has 0 aromatic heterocycles. The Morgan fingerprint density at radius 1 is 1.20 bits per heavy atom. The van der Waals surface area contributed by atoms with Gasteiger partial charge in [0.25, 0.3) is 0 Å². The summed E-state index contributed by atoms with van der Waals surface area (Å²) >= 11 is 0. The van der Waals surface area contributed by atoms with Gasteiger partial charge < -0.3 is 4.90 Å². The average molecular weight is 224 g/mol. The molecule has 0 bridgehead atoms. The van der Waals surface area contributed by atoms with E-state index in [0.717, 1.165) is 6.92 Å². The molecule has 1 amide bonds. The molecular formula is C9H15F3N2O. The van der Waals surface area contributed by atoms with Crippen LogP contribution in [0.15, 0.2) is 0 Å². The molecule has 1 aliphatic rings. The first kappa shape index (κ1) is 12.3. The van der Waals surface area contributed by atoms with Crippen molar-refractivity contribution in [3.05, 3.63) is 0 Å². The molecule has 0 aromatic rings. The fraction of sp³-hybridized carbons (Fsp3) is 0.889. The summed E-state index contributed by atoms with van der Waals surface area (Å²) in [5.74, 6) is -0.0747. The first-order chi connectivity index (χ1) is 6.82. The summed E-state index contributed by atoms with van der Waals surface area (Å²) in [6, 6.07) is -1.42. The van der Waals surface area contributed by atoms with Crippen molar-refractivity contribution in [3.8, 4) is 0 Å². The number of rotatable bonds is 1. The number of carbonyl (C=O) groups is 1. The zero-order valence-electron chi connectivity index (χ0n) is 8.84. The van der Waals surface area contributed by atoms with E-state index in [2.05, 4.69) is 0 Å². The summed E-state index contributed by atoms with van der Waals surface area (Å²) in [5.41, 5.74) is 0. The summed E-state index contributed by atoms with van der Waals surface area (Å²) < 4.78 is 37.1. The van der Waals surface area contributed by atoms with Crippen molar-refractivity contribution in [1.29, 1.82) is 0 Å². The van der Waals surface area contributed by atoms with E-state index in [1.807, 2.05) is 0 Å². The summed E-state index contributed by atoms with van der Waals surface area (Å²) in [7, 11) is 0. The number of hydrogen-bond donors (Lipinski definition) is 0. The summed E-state index contributed by atoms with van der Waals surface area (Å²) in [6.45, 7) is 3.94. The summed E-state index contributed by atoms with van der Waals surface area (Å²) in [6.07, 6.45) is -4.18. The molecule has 0 saturated carbocycles. The third-order valence-corrected chi connectivity index (χ3v) is 2.78. The van der Waals surface area contributed by atoms with Gasteiger partial charge in [0.2, 0.25) is 5.91 Å². The molecule has 6 heteroatoms. The van der Waals surface area contributed by atoms with E-state index in [4.69, 9.17) is 0 Å². The van der Waals surface area contributed by atoms with Crippen molar-refractivity contribution in [1.82, 2.24) is 9.80 Å². The number of nitrogens with zero attached hydrogens (tertiary/aromatic N) is 2. The van der Waals surface area contributed by atoms with Crippen LogP contribution in [0, 0.1) is 0 Å². The van der Waals surface area contributed by atoms with Crippen LogP contribution in [-0.4, -0.2) is 54.1 Å². The number of carbonyl (C=O) groups excluding carboxylic acids is 1. The molecule has 0 aliphatic carbocycles. The highest BCUT2D eigenvalue weighted by molar-refractivity contribution is 5.73. The van der Waals surface area contributed by atoms with Crippen LogP contribution in [0.4, 0.5) is 13.2 Å². The molecule has 1 rings (SSSR count). The smallest absolute Gasteiger partial charge is 0.340 e. The highest BCUT2D eigenvalue weighted by atomic mass is 19.4. The van der Waals surface area contributed by atoms with Gasteiger partial charge in [-0.05, 0) is 6.92 Å². The maximum absolute atomic E-state index is 12.4. The largest absolute Gasteiger partial charge is 0.403 e. The maximum Gasteiger partial charge on any atom is 0.403 e. The van der Waals surface area contributed by atoms with Gasteiger partial charge in [0.1, 0.15) is 6.04 Å². The van der Waals surface area contributed by atoms with Crippen molar-refractivity contribution in [3.63, 3.8) is 0 Å². The number of amides is 1. The molecule has 1 fully saturated rings. The predicted molar refractivity (Wildman–Crippen MR) is 49.3 cm³/mol. The Bertz CT molecular complexity index is 234. The van der Waals surface area contributed by atoms with Gasteiger partial charge in [0.05, 0.1) is 0 Å². The topological polar surface area (TPSA) is 23.6 Å². The molecule has 15 heavy (non-hydrogen) atoms. The van der Waals surface area contributed by atoms with Crippen LogP contribution in [0.1, 0.15) is 13.8 Å². The van der Waals surface area contributed by atoms with Gasteiger partial charge in [0, 0.05) is 33.1 Å². The first-order valence-electron chi connectivity index (χ1n) is 4.88. The fourth-order valence-corrected chi connectivity index (χ4v) is 1.63. The second-order valence-corrected chi connectivity index (χ2v) is 3.76.